The smallest absolute Gasteiger partial charge is 0.0628 e. The molecule has 1 N–H and O–H groups in total. The summed E-state index contributed by atoms with van der Waals surface area (Å²) in [4.78, 5) is 0. The lowest BCUT2D eigenvalue weighted by atomic mass is 9.58. The summed E-state index contributed by atoms with van der Waals surface area (Å²) < 4.78 is 0. The monoisotopic (exact) mass is 180 g/mol. The zero-order valence-electron chi connectivity index (χ0n) is 8.83. The van der Waals surface area contributed by atoms with Crippen molar-refractivity contribution in [3.63, 3.8) is 0 Å². The van der Waals surface area contributed by atoms with Crippen LogP contribution in [-0.2, 0) is 0 Å². The van der Waals surface area contributed by atoms with Crippen LogP contribution in [-0.4, -0.2) is 10.7 Å². The molecule has 1 nitrogen and oxygen atoms in total. The summed E-state index contributed by atoms with van der Waals surface area (Å²) in [5.74, 6) is 2.47. The number of hydrogen-bond acceptors (Lipinski definition) is 1. The van der Waals surface area contributed by atoms with Crippen LogP contribution < -0.4 is 0 Å². The highest BCUT2D eigenvalue weighted by Gasteiger charge is 2.44. The van der Waals surface area contributed by atoms with Crippen molar-refractivity contribution in [2.75, 3.05) is 0 Å². The Morgan fingerprint density at radius 2 is 1.69 bits per heavy atom. The second kappa shape index (κ2) is 2.84. The van der Waals surface area contributed by atoms with Gasteiger partial charge >= 0.3 is 0 Å². The third-order valence-corrected chi connectivity index (χ3v) is 3.96. The van der Waals surface area contributed by atoms with Gasteiger partial charge in [0.15, 0.2) is 0 Å². The summed E-state index contributed by atoms with van der Waals surface area (Å²) in [6.07, 6.45) is 7.30. The van der Waals surface area contributed by atoms with E-state index in [-0.39, 0.29) is 0 Å². The molecule has 0 saturated heterocycles. The molecule has 2 bridgehead atoms. The maximum atomic E-state index is 10.1. The fraction of sp³-hybridized carbons (Fsp3) is 0.833. The highest BCUT2D eigenvalue weighted by atomic mass is 16.3. The van der Waals surface area contributed by atoms with Gasteiger partial charge < -0.3 is 5.11 Å². The van der Waals surface area contributed by atoms with Gasteiger partial charge in [0.25, 0.3) is 0 Å². The lowest BCUT2D eigenvalue weighted by Crippen LogP contribution is -2.47. The molecule has 0 aromatic heterocycles. The summed E-state index contributed by atoms with van der Waals surface area (Å²) in [6, 6.07) is 0. The molecule has 0 aromatic carbocycles. The fourth-order valence-corrected chi connectivity index (χ4v) is 3.42. The molecule has 0 aromatic rings. The van der Waals surface area contributed by atoms with Crippen molar-refractivity contribution in [3.8, 4) is 0 Å². The SMILES string of the molecule is C[C@@H]1[C@@H](C(C)(C)O)[C@H]2C=C[C@@H]1CC2. The van der Waals surface area contributed by atoms with Crippen molar-refractivity contribution in [3.05, 3.63) is 12.2 Å². The quantitative estimate of drug-likeness (QED) is 0.615. The first-order valence-electron chi connectivity index (χ1n) is 5.41. The molecule has 3 aliphatic carbocycles. The van der Waals surface area contributed by atoms with Crippen molar-refractivity contribution in [1.82, 2.24) is 0 Å². The van der Waals surface area contributed by atoms with Gasteiger partial charge in [-0.2, -0.15) is 0 Å². The normalized spacial score (nSPS) is 44.0. The first-order chi connectivity index (χ1) is 6.00. The fourth-order valence-electron chi connectivity index (χ4n) is 3.42. The van der Waals surface area contributed by atoms with Gasteiger partial charge in [0, 0.05) is 0 Å². The molecule has 3 aliphatic rings. The van der Waals surface area contributed by atoms with Gasteiger partial charge in [-0.15, -0.1) is 0 Å². The Kier molecular flexibility index (Phi) is 2.03. The van der Waals surface area contributed by atoms with Gasteiger partial charge in [-0.1, -0.05) is 19.1 Å². The Labute approximate surface area is 80.8 Å². The lowest BCUT2D eigenvalue weighted by molar-refractivity contribution is -0.0581. The molecule has 1 saturated carbocycles. The maximum Gasteiger partial charge on any atom is 0.0628 e. The van der Waals surface area contributed by atoms with Gasteiger partial charge in [0.2, 0.25) is 0 Å². The average molecular weight is 180 g/mol. The summed E-state index contributed by atoms with van der Waals surface area (Å²) in [7, 11) is 0. The van der Waals surface area contributed by atoms with E-state index in [1.54, 1.807) is 0 Å². The number of hydrogen-bond donors (Lipinski definition) is 1. The van der Waals surface area contributed by atoms with Crippen molar-refractivity contribution in [2.24, 2.45) is 23.7 Å². The molecule has 4 atom stereocenters. The average Bonchev–Trinajstić information content (AvgIpc) is 2.03. The minimum Gasteiger partial charge on any atom is -0.390 e. The lowest BCUT2D eigenvalue weighted by Gasteiger charge is -2.48. The van der Waals surface area contributed by atoms with E-state index in [0.717, 1.165) is 5.92 Å². The molecule has 0 amide bonds. The molecule has 0 spiro atoms. The predicted octanol–water partition coefficient (Wildman–Crippen LogP) is 2.61. The van der Waals surface area contributed by atoms with Gasteiger partial charge in [-0.05, 0) is 50.4 Å². The Bertz CT molecular complexity index is 224. The van der Waals surface area contributed by atoms with Gasteiger partial charge in [0.1, 0.15) is 0 Å². The van der Waals surface area contributed by atoms with Crippen LogP contribution in [0.4, 0.5) is 0 Å². The molecular formula is C12H20O. The van der Waals surface area contributed by atoms with E-state index >= 15 is 0 Å². The number of fused-ring (bicyclic) bond motifs is 2. The molecule has 0 heterocycles. The number of rotatable bonds is 1. The Morgan fingerprint density at radius 1 is 1.15 bits per heavy atom. The first-order valence-corrected chi connectivity index (χ1v) is 5.41. The van der Waals surface area contributed by atoms with Crippen molar-refractivity contribution >= 4 is 0 Å². The second-order valence-corrected chi connectivity index (χ2v) is 5.33. The molecule has 0 aliphatic heterocycles. The minimum atomic E-state index is -0.506. The molecule has 1 fully saturated rings. The van der Waals surface area contributed by atoms with Crippen LogP contribution in [0.2, 0.25) is 0 Å². The molecule has 1 heteroatoms. The van der Waals surface area contributed by atoms with E-state index in [4.69, 9.17) is 0 Å². The van der Waals surface area contributed by atoms with E-state index < -0.39 is 5.60 Å². The Balaban J connectivity index is 2.26. The summed E-state index contributed by atoms with van der Waals surface area (Å²) in [5.41, 5.74) is -0.506. The van der Waals surface area contributed by atoms with Crippen molar-refractivity contribution < 1.29 is 5.11 Å². The highest BCUT2D eigenvalue weighted by Crippen LogP contribution is 2.48. The van der Waals surface area contributed by atoms with Gasteiger partial charge in [-0.3, -0.25) is 0 Å². The standard InChI is InChI=1S/C12H20O/c1-8-9-4-6-10(7-5-9)11(8)12(2,3)13/h4,6,8-11,13H,5,7H2,1-3H3/t8-,9+,10-,11+/m0/s1. The van der Waals surface area contributed by atoms with Crippen LogP contribution in [0, 0.1) is 23.7 Å². The summed E-state index contributed by atoms with van der Waals surface area (Å²) >= 11 is 0. The Morgan fingerprint density at radius 3 is 2.00 bits per heavy atom. The Hall–Kier alpha value is -0.300. The van der Waals surface area contributed by atoms with Crippen LogP contribution in [0.25, 0.3) is 0 Å². The molecule has 13 heavy (non-hydrogen) atoms. The zero-order chi connectivity index (χ0) is 9.64. The third-order valence-electron chi connectivity index (χ3n) is 3.96. The van der Waals surface area contributed by atoms with Crippen molar-refractivity contribution in [1.29, 1.82) is 0 Å². The van der Waals surface area contributed by atoms with Gasteiger partial charge in [0.05, 0.1) is 5.60 Å². The minimum absolute atomic E-state index is 0.469. The third kappa shape index (κ3) is 1.43. The molecule has 74 valence electrons. The van der Waals surface area contributed by atoms with E-state index in [1.165, 1.54) is 12.8 Å². The van der Waals surface area contributed by atoms with Crippen LogP contribution in [0.5, 0.6) is 0 Å². The molecule has 0 unspecified atom stereocenters. The molecular weight excluding hydrogens is 160 g/mol. The highest BCUT2D eigenvalue weighted by molar-refractivity contribution is 5.11. The van der Waals surface area contributed by atoms with Crippen LogP contribution in [0.3, 0.4) is 0 Å². The van der Waals surface area contributed by atoms with E-state index in [9.17, 15) is 5.11 Å². The number of allylic oxidation sites excluding steroid dienone is 2. The molecule has 0 radical (unpaired) electrons. The maximum absolute atomic E-state index is 10.1. The van der Waals surface area contributed by atoms with Crippen LogP contribution >= 0.6 is 0 Å². The topological polar surface area (TPSA) is 20.2 Å². The molecule has 3 rings (SSSR count). The van der Waals surface area contributed by atoms with Crippen LogP contribution in [0.1, 0.15) is 33.6 Å². The predicted molar refractivity (Wildman–Crippen MR) is 54.3 cm³/mol. The largest absolute Gasteiger partial charge is 0.390 e. The van der Waals surface area contributed by atoms with Crippen molar-refractivity contribution in [2.45, 2.75) is 39.2 Å². The number of aliphatic hydroxyl groups is 1. The second-order valence-electron chi connectivity index (χ2n) is 5.33. The summed E-state index contributed by atoms with van der Waals surface area (Å²) in [5, 5.41) is 10.1. The van der Waals surface area contributed by atoms with E-state index in [0.29, 0.717) is 17.8 Å². The van der Waals surface area contributed by atoms with E-state index in [2.05, 4.69) is 19.1 Å². The zero-order valence-corrected chi connectivity index (χ0v) is 8.83. The van der Waals surface area contributed by atoms with Gasteiger partial charge in [-0.25, -0.2) is 0 Å². The summed E-state index contributed by atoms with van der Waals surface area (Å²) in [6.45, 7) is 6.22. The van der Waals surface area contributed by atoms with E-state index in [1.807, 2.05) is 13.8 Å². The van der Waals surface area contributed by atoms with Crippen LogP contribution in [0.15, 0.2) is 12.2 Å². The first kappa shape index (κ1) is 9.26.